The van der Waals surface area contributed by atoms with Gasteiger partial charge in [-0.05, 0) is 18.2 Å². The maximum Gasteiger partial charge on any atom is 0.348 e. The fourth-order valence-corrected chi connectivity index (χ4v) is 1.50. The minimum Gasteiger partial charge on any atom is -0.475 e. The van der Waals surface area contributed by atoms with Gasteiger partial charge in [0.05, 0.1) is 31.0 Å². The highest BCUT2D eigenvalue weighted by Gasteiger charge is 2.26. The molecular weight excluding hydrogens is 208 g/mol. The van der Waals surface area contributed by atoms with Crippen LogP contribution in [0, 0.1) is 11.3 Å². The zero-order valence-corrected chi connectivity index (χ0v) is 8.69. The number of nitriles is 1. The van der Waals surface area contributed by atoms with Gasteiger partial charge in [-0.1, -0.05) is 0 Å². The molecule has 5 heteroatoms. The number of benzene rings is 1. The number of carbonyl (C=O) groups excluding carboxylic acids is 1. The maximum absolute atomic E-state index is 11.3. The van der Waals surface area contributed by atoms with Gasteiger partial charge in [0, 0.05) is 0 Å². The van der Waals surface area contributed by atoms with E-state index in [4.69, 9.17) is 10.00 Å². The number of ether oxygens (including phenoxy) is 2. The van der Waals surface area contributed by atoms with Gasteiger partial charge in [-0.2, -0.15) is 5.26 Å². The number of nitrogens with one attached hydrogen (secondary N) is 1. The highest BCUT2D eigenvalue weighted by Crippen LogP contribution is 2.29. The summed E-state index contributed by atoms with van der Waals surface area (Å²) in [5.74, 6) is 0.142. The Hall–Kier alpha value is -2.22. The van der Waals surface area contributed by atoms with E-state index in [0.717, 1.165) is 5.69 Å². The largest absolute Gasteiger partial charge is 0.475 e. The summed E-state index contributed by atoms with van der Waals surface area (Å²) in [6.07, 6.45) is -0.634. The van der Waals surface area contributed by atoms with Gasteiger partial charge in [0.15, 0.2) is 0 Å². The molecule has 0 saturated heterocycles. The van der Waals surface area contributed by atoms with E-state index >= 15 is 0 Å². The first-order valence-corrected chi connectivity index (χ1v) is 4.77. The number of rotatable bonds is 1. The number of hydrogen-bond acceptors (Lipinski definition) is 5. The third-order valence-electron chi connectivity index (χ3n) is 2.32. The number of carbonyl (C=O) groups is 1. The number of fused-ring (bicyclic) bond motifs is 1. The van der Waals surface area contributed by atoms with E-state index < -0.39 is 12.1 Å². The van der Waals surface area contributed by atoms with Crippen molar-refractivity contribution in [1.29, 1.82) is 5.26 Å². The molecule has 1 unspecified atom stereocenters. The predicted molar refractivity (Wildman–Crippen MR) is 56.1 cm³/mol. The van der Waals surface area contributed by atoms with Crippen LogP contribution in [0.25, 0.3) is 0 Å². The summed E-state index contributed by atoms with van der Waals surface area (Å²) >= 11 is 0. The summed E-state index contributed by atoms with van der Waals surface area (Å²) in [6, 6.07) is 7.02. The van der Waals surface area contributed by atoms with Crippen molar-refractivity contribution < 1.29 is 14.3 Å². The van der Waals surface area contributed by atoms with Crippen molar-refractivity contribution in [2.45, 2.75) is 6.10 Å². The van der Waals surface area contributed by atoms with E-state index in [9.17, 15) is 4.79 Å². The summed E-state index contributed by atoms with van der Waals surface area (Å²) in [7, 11) is 1.32. The molecule has 2 rings (SSSR count). The molecule has 16 heavy (non-hydrogen) atoms. The fourth-order valence-electron chi connectivity index (χ4n) is 1.50. The van der Waals surface area contributed by atoms with Crippen LogP contribution < -0.4 is 10.1 Å². The Morgan fingerprint density at radius 2 is 2.50 bits per heavy atom. The monoisotopic (exact) mass is 218 g/mol. The second-order valence-corrected chi connectivity index (χ2v) is 3.33. The van der Waals surface area contributed by atoms with Crippen LogP contribution in [0.5, 0.6) is 5.75 Å². The summed E-state index contributed by atoms with van der Waals surface area (Å²) in [4.78, 5) is 11.3. The number of methoxy groups -OCH3 is 1. The Kier molecular flexibility index (Phi) is 2.64. The van der Waals surface area contributed by atoms with Crippen LogP contribution in [-0.4, -0.2) is 25.7 Å². The molecule has 0 saturated carbocycles. The molecule has 1 atom stereocenters. The molecule has 0 bridgehead atoms. The maximum atomic E-state index is 11.3. The third kappa shape index (κ3) is 1.77. The van der Waals surface area contributed by atoms with Crippen molar-refractivity contribution in [3.05, 3.63) is 23.8 Å². The van der Waals surface area contributed by atoms with Gasteiger partial charge in [-0.25, -0.2) is 4.79 Å². The highest BCUT2D eigenvalue weighted by atomic mass is 16.6. The molecule has 82 valence electrons. The van der Waals surface area contributed by atoms with Crippen molar-refractivity contribution in [3.63, 3.8) is 0 Å². The van der Waals surface area contributed by atoms with Gasteiger partial charge in [0.25, 0.3) is 0 Å². The lowest BCUT2D eigenvalue weighted by Gasteiger charge is -2.25. The van der Waals surface area contributed by atoms with Crippen molar-refractivity contribution in [2.75, 3.05) is 19.0 Å². The molecule has 0 aliphatic carbocycles. The summed E-state index contributed by atoms with van der Waals surface area (Å²) in [5.41, 5.74) is 1.27. The molecule has 1 heterocycles. The fraction of sp³-hybridized carbons (Fsp3) is 0.273. The van der Waals surface area contributed by atoms with E-state index in [1.807, 2.05) is 6.07 Å². The van der Waals surface area contributed by atoms with Crippen molar-refractivity contribution in [2.24, 2.45) is 0 Å². The highest BCUT2D eigenvalue weighted by molar-refractivity contribution is 5.77. The van der Waals surface area contributed by atoms with Crippen molar-refractivity contribution in [3.8, 4) is 11.8 Å². The van der Waals surface area contributed by atoms with E-state index in [1.54, 1.807) is 18.2 Å². The molecule has 0 radical (unpaired) electrons. The second kappa shape index (κ2) is 4.11. The molecule has 0 fully saturated rings. The Labute approximate surface area is 92.6 Å². The van der Waals surface area contributed by atoms with Crippen LogP contribution >= 0.6 is 0 Å². The van der Waals surface area contributed by atoms with E-state index in [0.29, 0.717) is 17.9 Å². The smallest absolute Gasteiger partial charge is 0.348 e. The number of esters is 1. The van der Waals surface area contributed by atoms with E-state index in [-0.39, 0.29) is 0 Å². The molecule has 1 aliphatic heterocycles. The Bertz CT molecular complexity index is 465. The van der Waals surface area contributed by atoms with Gasteiger partial charge in [0.2, 0.25) is 6.10 Å². The van der Waals surface area contributed by atoms with Gasteiger partial charge in [-0.15, -0.1) is 0 Å². The summed E-state index contributed by atoms with van der Waals surface area (Å²) in [6.45, 7) is 0.342. The lowest BCUT2D eigenvalue weighted by Crippen LogP contribution is -2.38. The van der Waals surface area contributed by atoms with Gasteiger partial charge in [0.1, 0.15) is 5.75 Å². The Morgan fingerprint density at radius 1 is 1.69 bits per heavy atom. The van der Waals surface area contributed by atoms with Crippen molar-refractivity contribution in [1.82, 2.24) is 0 Å². The van der Waals surface area contributed by atoms with Crippen LogP contribution in [0.15, 0.2) is 18.2 Å². The Morgan fingerprint density at radius 3 is 3.19 bits per heavy atom. The zero-order chi connectivity index (χ0) is 11.5. The third-order valence-corrected chi connectivity index (χ3v) is 2.32. The predicted octanol–water partition coefficient (Wildman–Crippen LogP) is 0.904. The topological polar surface area (TPSA) is 71.3 Å². The van der Waals surface area contributed by atoms with Gasteiger partial charge < -0.3 is 14.8 Å². The number of hydrogen-bond donors (Lipinski definition) is 1. The molecule has 0 amide bonds. The van der Waals surface area contributed by atoms with Crippen LogP contribution in [-0.2, 0) is 9.53 Å². The van der Waals surface area contributed by atoms with Crippen LogP contribution in [0.3, 0.4) is 0 Å². The lowest BCUT2D eigenvalue weighted by atomic mass is 10.1. The van der Waals surface area contributed by atoms with E-state index in [2.05, 4.69) is 10.1 Å². The summed E-state index contributed by atoms with van der Waals surface area (Å²) in [5, 5.41) is 11.8. The molecule has 1 aromatic rings. The number of anilines is 1. The second-order valence-electron chi connectivity index (χ2n) is 3.33. The zero-order valence-electron chi connectivity index (χ0n) is 8.69. The average Bonchev–Trinajstić information content (AvgIpc) is 2.36. The molecule has 5 nitrogen and oxygen atoms in total. The standard InChI is InChI=1S/C11H10N2O3/c1-15-11(14)10-6-13-8-4-7(5-12)2-3-9(8)16-10/h2-4,10,13H,6H2,1H3. The Balaban J connectivity index is 2.23. The normalized spacial score (nSPS) is 17.4. The first-order valence-electron chi connectivity index (χ1n) is 4.77. The average molecular weight is 218 g/mol. The number of nitrogens with zero attached hydrogens (tertiary/aromatic N) is 1. The SMILES string of the molecule is COC(=O)C1CNc2cc(C#N)ccc2O1. The quantitative estimate of drug-likeness (QED) is 0.709. The molecule has 1 N–H and O–H groups in total. The van der Waals surface area contributed by atoms with E-state index in [1.165, 1.54) is 7.11 Å². The molecule has 0 spiro atoms. The lowest BCUT2D eigenvalue weighted by molar-refractivity contribution is -0.148. The molecular formula is C11H10N2O3. The van der Waals surface area contributed by atoms with Crippen LogP contribution in [0.1, 0.15) is 5.56 Å². The van der Waals surface area contributed by atoms with Crippen LogP contribution in [0.2, 0.25) is 0 Å². The molecule has 1 aliphatic rings. The molecule has 1 aromatic carbocycles. The molecule has 0 aromatic heterocycles. The summed E-state index contributed by atoms with van der Waals surface area (Å²) < 4.78 is 10.0. The van der Waals surface area contributed by atoms with Gasteiger partial charge >= 0.3 is 5.97 Å². The van der Waals surface area contributed by atoms with Crippen LogP contribution in [0.4, 0.5) is 5.69 Å². The first kappa shape index (κ1) is 10.3. The van der Waals surface area contributed by atoms with Crippen molar-refractivity contribution >= 4 is 11.7 Å². The minimum absolute atomic E-state index is 0.342. The minimum atomic E-state index is -0.634. The first-order chi connectivity index (χ1) is 7.74. The van der Waals surface area contributed by atoms with Gasteiger partial charge in [-0.3, -0.25) is 0 Å².